The van der Waals surface area contributed by atoms with Crippen molar-refractivity contribution in [2.75, 3.05) is 20.2 Å². The van der Waals surface area contributed by atoms with Crippen LogP contribution in [0.1, 0.15) is 12.8 Å². The van der Waals surface area contributed by atoms with Gasteiger partial charge in [-0.1, -0.05) is 17.7 Å². The summed E-state index contributed by atoms with van der Waals surface area (Å²) in [7, 11) is 1.60. The molecular weight excluding hydrogens is 226 g/mol. The van der Waals surface area contributed by atoms with Crippen LogP contribution in [0.5, 0.6) is 11.5 Å². The van der Waals surface area contributed by atoms with E-state index in [0.717, 1.165) is 31.7 Å². The second-order valence-corrected chi connectivity index (χ2v) is 4.26. The largest absolute Gasteiger partial charge is 0.491 e. The number of nitrogens with one attached hydrogen (secondary N) is 1. The summed E-state index contributed by atoms with van der Waals surface area (Å²) in [5.41, 5.74) is 0. The average molecular weight is 242 g/mol. The maximum absolute atomic E-state index is 6.03. The van der Waals surface area contributed by atoms with Gasteiger partial charge in [0.15, 0.2) is 11.5 Å². The number of methoxy groups -OCH3 is 1. The Morgan fingerprint density at radius 3 is 3.00 bits per heavy atom. The minimum absolute atomic E-state index is 0.209. The van der Waals surface area contributed by atoms with Gasteiger partial charge in [-0.15, -0.1) is 0 Å². The molecular formula is C12H16ClNO2. The highest BCUT2D eigenvalue weighted by molar-refractivity contribution is 6.32. The van der Waals surface area contributed by atoms with Gasteiger partial charge in [0.1, 0.15) is 6.10 Å². The molecule has 1 aromatic rings. The van der Waals surface area contributed by atoms with Crippen molar-refractivity contribution in [1.29, 1.82) is 0 Å². The van der Waals surface area contributed by atoms with E-state index in [0.29, 0.717) is 10.8 Å². The number of benzene rings is 1. The van der Waals surface area contributed by atoms with E-state index in [-0.39, 0.29) is 6.10 Å². The lowest BCUT2D eigenvalue weighted by Gasteiger charge is -2.24. The van der Waals surface area contributed by atoms with Crippen LogP contribution in [0.25, 0.3) is 0 Å². The third-order valence-electron chi connectivity index (χ3n) is 2.68. The van der Waals surface area contributed by atoms with Crippen LogP contribution in [-0.2, 0) is 0 Å². The average Bonchev–Trinajstić information content (AvgIpc) is 2.31. The van der Waals surface area contributed by atoms with Crippen molar-refractivity contribution in [3.05, 3.63) is 23.2 Å². The van der Waals surface area contributed by atoms with E-state index >= 15 is 0 Å². The second-order valence-electron chi connectivity index (χ2n) is 3.86. The highest BCUT2D eigenvalue weighted by Gasteiger charge is 2.17. The summed E-state index contributed by atoms with van der Waals surface area (Å²) in [5, 5.41) is 3.90. The first-order chi connectivity index (χ1) is 7.81. The number of halogens is 1. The standard InChI is InChI=1S/C12H16ClNO2/c1-15-12-10(13)5-2-6-11(12)16-9-4-3-7-14-8-9/h2,5-6,9,14H,3-4,7-8H2,1H3. The lowest BCUT2D eigenvalue weighted by atomic mass is 10.1. The van der Waals surface area contributed by atoms with Crippen molar-refractivity contribution in [3.8, 4) is 11.5 Å². The first-order valence-corrected chi connectivity index (χ1v) is 5.89. The Morgan fingerprint density at radius 1 is 1.44 bits per heavy atom. The van der Waals surface area contributed by atoms with Crippen LogP contribution < -0.4 is 14.8 Å². The van der Waals surface area contributed by atoms with E-state index in [9.17, 15) is 0 Å². The highest BCUT2D eigenvalue weighted by atomic mass is 35.5. The van der Waals surface area contributed by atoms with Gasteiger partial charge in [0.05, 0.1) is 12.1 Å². The topological polar surface area (TPSA) is 30.5 Å². The lowest BCUT2D eigenvalue weighted by Crippen LogP contribution is -2.37. The summed E-state index contributed by atoms with van der Waals surface area (Å²) in [6.45, 7) is 1.96. The van der Waals surface area contributed by atoms with Crippen molar-refractivity contribution < 1.29 is 9.47 Å². The Morgan fingerprint density at radius 2 is 2.31 bits per heavy atom. The van der Waals surface area contributed by atoms with Crippen molar-refractivity contribution in [1.82, 2.24) is 5.32 Å². The summed E-state index contributed by atoms with van der Waals surface area (Å²) in [4.78, 5) is 0. The Balaban J connectivity index is 2.10. The monoisotopic (exact) mass is 241 g/mol. The summed E-state index contributed by atoms with van der Waals surface area (Å²) < 4.78 is 11.1. The number of rotatable bonds is 3. The summed E-state index contributed by atoms with van der Waals surface area (Å²) in [5.74, 6) is 1.35. The van der Waals surface area contributed by atoms with E-state index in [1.807, 2.05) is 12.1 Å². The number of piperidine rings is 1. The van der Waals surface area contributed by atoms with Crippen LogP contribution in [-0.4, -0.2) is 26.3 Å². The molecule has 1 N–H and O–H groups in total. The quantitative estimate of drug-likeness (QED) is 0.882. The van der Waals surface area contributed by atoms with Gasteiger partial charge in [0, 0.05) is 6.54 Å². The molecule has 1 heterocycles. The van der Waals surface area contributed by atoms with Gasteiger partial charge >= 0.3 is 0 Å². The fraction of sp³-hybridized carbons (Fsp3) is 0.500. The Kier molecular flexibility index (Phi) is 3.91. The molecule has 2 rings (SSSR count). The normalized spacial score (nSPS) is 20.5. The summed E-state index contributed by atoms with van der Waals surface area (Å²) in [6.07, 6.45) is 2.43. The summed E-state index contributed by atoms with van der Waals surface area (Å²) >= 11 is 6.03. The zero-order valence-corrected chi connectivity index (χ0v) is 10.1. The molecule has 3 nitrogen and oxygen atoms in total. The molecule has 88 valence electrons. The molecule has 0 amide bonds. The third kappa shape index (κ3) is 2.60. The second kappa shape index (κ2) is 5.41. The number of hydrogen-bond donors (Lipinski definition) is 1. The molecule has 1 atom stereocenters. The van der Waals surface area contributed by atoms with Gasteiger partial charge in [-0.2, -0.15) is 0 Å². The molecule has 0 bridgehead atoms. The Labute approximate surface area is 101 Å². The lowest BCUT2D eigenvalue weighted by molar-refractivity contribution is 0.161. The molecule has 0 saturated carbocycles. The smallest absolute Gasteiger partial charge is 0.179 e. The SMILES string of the molecule is COc1c(Cl)cccc1OC1CCCNC1. The van der Waals surface area contributed by atoms with Gasteiger partial charge in [0.25, 0.3) is 0 Å². The van der Waals surface area contributed by atoms with Gasteiger partial charge in [0.2, 0.25) is 0 Å². The van der Waals surface area contributed by atoms with Gasteiger partial charge in [-0.05, 0) is 31.5 Å². The Bertz CT molecular complexity index is 351. The Hall–Kier alpha value is -0.930. The first kappa shape index (κ1) is 11.6. The maximum Gasteiger partial charge on any atom is 0.179 e. The molecule has 1 aliphatic heterocycles. The van der Waals surface area contributed by atoms with Crippen molar-refractivity contribution in [2.24, 2.45) is 0 Å². The number of hydrogen-bond acceptors (Lipinski definition) is 3. The number of ether oxygens (including phenoxy) is 2. The minimum atomic E-state index is 0.209. The molecule has 16 heavy (non-hydrogen) atoms. The van der Waals surface area contributed by atoms with E-state index in [4.69, 9.17) is 21.1 Å². The molecule has 4 heteroatoms. The van der Waals surface area contributed by atoms with Gasteiger partial charge in [-0.25, -0.2) is 0 Å². The fourth-order valence-corrected chi connectivity index (χ4v) is 2.12. The fourth-order valence-electron chi connectivity index (χ4n) is 1.88. The van der Waals surface area contributed by atoms with Crippen LogP contribution in [0.2, 0.25) is 5.02 Å². The first-order valence-electron chi connectivity index (χ1n) is 5.51. The van der Waals surface area contributed by atoms with Crippen LogP contribution in [0.3, 0.4) is 0 Å². The molecule has 1 fully saturated rings. The van der Waals surface area contributed by atoms with Gasteiger partial charge < -0.3 is 14.8 Å². The highest BCUT2D eigenvalue weighted by Crippen LogP contribution is 2.35. The third-order valence-corrected chi connectivity index (χ3v) is 2.98. The zero-order valence-electron chi connectivity index (χ0n) is 9.33. The van der Waals surface area contributed by atoms with Crippen molar-refractivity contribution >= 4 is 11.6 Å². The van der Waals surface area contributed by atoms with Gasteiger partial charge in [-0.3, -0.25) is 0 Å². The zero-order chi connectivity index (χ0) is 11.4. The van der Waals surface area contributed by atoms with Crippen LogP contribution in [0, 0.1) is 0 Å². The molecule has 1 saturated heterocycles. The predicted molar refractivity (Wildman–Crippen MR) is 64.5 cm³/mol. The number of para-hydroxylation sites is 1. The van der Waals surface area contributed by atoms with Crippen molar-refractivity contribution in [3.63, 3.8) is 0 Å². The van der Waals surface area contributed by atoms with Crippen LogP contribution >= 0.6 is 11.6 Å². The molecule has 0 aromatic heterocycles. The molecule has 0 radical (unpaired) electrons. The molecule has 1 aliphatic rings. The molecule has 1 aromatic carbocycles. The van der Waals surface area contributed by atoms with E-state index in [1.54, 1.807) is 13.2 Å². The van der Waals surface area contributed by atoms with Crippen LogP contribution in [0.15, 0.2) is 18.2 Å². The van der Waals surface area contributed by atoms with E-state index in [2.05, 4.69) is 5.32 Å². The summed E-state index contributed by atoms with van der Waals surface area (Å²) in [6, 6.07) is 5.56. The van der Waals surface area contributed by atoms with E-state index < -0.39 is 0 Å². The minimum Gasteiger partial charge on any atom is -0.491 e. The predicted octanol–water partition coefficient (Wildman–Crippen LogP) is 2.48. The van der Waals surface area contributed by atoms with E-state index in [1.165, 1.54) is 0 Å². The maximum atomic E-state index is 6.03. The molecule has 1 unspecified atom stereocenters. The van der Waals surface area contributed by atoms with Crippen LogP contribution in [0.4, 0.5) is 0 Å². The molecule has 0 spiro atoms. The molecule has 0 aliphatic carbocycles. The van der Waals surface area contributed by atoms with Crippen molar-refractivity contribution in [2.45, 2.75) is 18.9 Å².